The molecule has 0 aromatic carbocycles. The molecule has 18 heavy (non-hydrogen) atoms. The second kappa shape index (κ2) is 4.17. The molecule has 0 bridgehead atoms. The van der Waals surface area contributed by atoms with Gasteiger partial charge in [0.05, 0.1) is 5.39 Å². The molecule has 2 aromatic rings. The number of fused-ring (bicyclic) bond motifs is 1. The normalized spacial score (nSPS) is 15.1. The highest BCUT2D eigenvalue weighted by Crippen LogP contribution is 2.34. The van der Waals surface area contributed by atoms with Crippen molar-refractivity contribution in [3.63, 3.8) is 0 Å². The lowest BCUT2D eigenvalue weighted by Crippen LogP contribution is -2.21. The monoisotopic (exact) mass is 286 g/mol. The largest absolute Gasteiger partial charge is 0.356 e. The van der Waals surface area contributed by atoms with Crippen molar-refractivity contribution in [3.05, 3.63) is 22.5 Å². The van der Waals surface area contributed by atoms with Gasteiger partial charge in [-0.15, -0.1) is 0 Å². The van der Waals surface area contributed by atoms with E-state index in [9.17, 15) is 4.39 Å². The van der Waals surface area contributed by atoms with Crippen molar-refractivity contribution in [1.29, 1.82) is 0 Å². The lowest BCUT2D eigenvalue weighted by molar-refractivity contribution is 0.631. The van der Waals surface area contributed by atoms with Gasteiger partial charge in [0.15, 0.2) is 11.0 Å². The molecule has 0 spiro atoms. The van der Waals surface area contributed by atoms with Gasteiger partial charge >= 0.3 is 0 Å². The number of hydrogen-bond donors (Lipinski definition) is 0. The second-order valence-electron chi connectivity index (χ2n) is 4.28. The van der Waals surface area contributed by atoms with Crippen LogP contribution in [0.15, 0.2) is 6.20 Å². The Morgan fingerprint density at radius 3 is 2.72 bits per heavy atom. The zero-order valence-corrected chi connectivity index (χ0v) is 11.0. The quantitative estimate of drug-likeness (QED) is 0.629. The Morgan fingerprint density at radius 1 is 1.33 bits per heavy atom. The van der Waals surface area contributed by atoms with Gasteiger partial charge in [0.2, 0.25) is 5.28 Å². The third-order valence-corrected chi connectivity index (χ3v) is 3.46. The zero-order valence-electron chi connectivity index (χ0n) is 9.49. The number of pyridine rings is 1. The summed E-state index contributed by atoms with van der Waals surface area (Å²) in [6.07, 6.45) is 3.68. The smallest absolute Gasteiger partial charge is 0.225 e. The molecule has 94 valence electrons. The van der Waals surface area contributed by atoms with Crippen LogP contribution in [0, 0.1) is 5.82 Å². The highest BCUT2D eigenvalue weighted by atomic mass is 35.5. The highest BCUT2D eigenvalue weighted by molar-refractivity contribution is 6.30. The fourth-order valence-electron chi connectivity index (χ4n) is 1.90. The molecule has 2 heterocycles. The fraction of sp³-hybridized carbons (Fsp3) is 0.364. The first-order valence-corrected chi connectivity index (χ1v) is 6.23. The molecule has 1 aliphatic rings. The molecule has 0 unspecified atom stereocenters. The third-order valence-electron chi connectivity index (χ3n) is 3.02. The number of halogens is 3. The Bertz CT molecular complexity index is 630. The van der Waals surface area contributed by atoms with Gasteiger partial charge in [-0.2, -0.15) is 4.98 Å². The highest BCUT2D eigenvalue weighted by Gasteiger charge is 2.29. The standard InChI is InChI=1S/C11H9Cl2FN4/c1-18(5-2-3-5)10-6-4-15-9(12)7(14)8(6)16-11(13)17-10/h4-5H,2-3H2,1H3. The lowest BCUT2D eigenvalue weighted by atomic mass is 10.2. The van der Waals surface area contributed by atoms with E-state index >= 15 is 0 Å². The van der Waals surface area contributed by atoms with Crippen molar-refractivity contribution in [3.8, 4) is 0 Å². The Kier molecular flexibility index (Phi) is 2.75. The van der Waals surface area contributed by atoms with Crippen molar-refractivity contribution < 1.29 is 4.39 Å². The molecule has 4 nitrogen and oxygen atoms in total. The van der Waals surface area contributed by atoms with E-state index in [4.69, 9.17) is 23.2 Å². The SMILES string of the molecule is CN(c1nc(Cl)nc2c(F)c(Cl)ncc12)C1CC1. The van der Waals surface area contributed by atoms with Crippen LogP contribution in [0.25, 0.3) is 10.9 Å². The molecule has 0 amide bonds. The summed E-state index contributed by atoms with van der Waals surface area (Å²) in [5.41, 5.74) is 0.109. The zero-order chi connectivity index (χ0) is 12.9. The molecule has 0 atom stereocenters. The van der Waals surface area contributed by atoms with Crippen LogP contribution in [0.1, 0.15) is 12.8 Å². The molecular weight excluding hydrogens is 278 g/mol. The Labute approximate surface area is 113 Å². The Morgan fingerprint density at radius 2 is 2.06 bits per heavy atom. The minimum atomic E-state index is -0.663. The van der Waals surface area contributed by atoms with Crippen LogP contribution >= 0.6 is 23.2 Å². The van der Waals surface area contributed by atoms with Crippen molar-refractivity contribution >= 4 is 39.9 Å². The number of aromatic nitrogens is 3. The maximum Gasteiger partial charge on any atom is 0.225 e. The number of rotatable bonds is 2. The predicted octanol–water partition coefficient (Wildman–Crippen LogP) is 3.07. The van der Waals surface area contributed by atoms with Crippen LogP contribution in [0.3, 0.4) is 0 Å². The van der Waals surface area contributed by atoms with E-state index in [0.717, 1.165) is 12.8 Å². The summed E-state index contributed by atoms with van der Waals surface area (Å²) in [6.45, 7) is 0. The van der Waals surface area contributed by atoms with E-state index in [1.54, 1.807) is 0 Å². The molecule has 0 aliphatic heterocycles. The summed E-state index contributed by atoms with van der Waals surface area (Å²) in [4.78, 5) is 13.8. The van der Waals surface area contributed by atoms with Gasteiger partial charge in [0, 0.05) is 19.3 Å². The topological polar surface area (TPSA) is 41.9 Å². The van der Waals surface area contributed by atoms with E-state index in [-0.39, 0.29) is 16.0 Å². The molecule has 2 aromatic heterocycles. The van der Waals surface area contributed by atoms with E-state index in [1.165, 1.54) is 6.20 Å². The first-order chi connectivity index (χ1) is 8.58. The average Bonchev–Trinajstić information content (AvgIpc) is 3.17. The molecule has 0 radical (unpaired) electrons. The van der Waals surface area contributed by atoms with E-state index in [2.05, 4.69) is 15.0 Å². The van der Waals surface area contributed by atoms with Gasteiger partial charge in [-0.05, 0) is 24.4 Å². The van der Waals surface area contributed by atoms with Gasteiger partial charge < -0.3 is 4.90 Å². The molecule has 0 N–H and O–H groups in total. The predicted molar refractivity (Wildman–Crippen MR) is 68.7 cm³/mol. The maximum absolute atomic E-state index is 13.9. The fourth-order valence-corrected chi connectivity index (χ4v) is 2.20. The van der Waals surface area contributed by atoms with Gasteiger partial charge in [0.1, 0.15) is 11.3 Å². The van der Waals surface area contributed by atoms with E-state index < -0.39 is 5.82 Å². The Hall–Kier alpha value is -1.20. The third kappa shape index (κ3) is 1.87. The number of nitrogens with zero attached hydrogens (tertiary/aromatic N) is 4. The van der Waals surface area contributed by atoms with Crippen molar-refractivity contribution in [1.82, 2.24) is 15.0 Å². The van der Waals surface area contributed by atoms with Crippen LogP contribution in [0.4, 0.5) is 10.2 Å². The minimum Gasteiger partial charge on any atom is -0.356 e. The molecule has 3 rings (SSSR count). The number of hydrogen-bond acceptors (Lipinski definition) is 4. The van der Waals surface area contributed by atoms with Crippen LogP contribution in [0.5, 0.6) is 0 Å². The second-order valence-corrected chi connectivity index (χ2v) is 4.98. The summed E-state index contributed by atoms with van der Waals surface area (Å²) in [5.74, 6) is -0.0699. The van der Waals surface area contributed by atoms with Crippen molar-refractivity contribution in [2.45, 2.75) is 18.9 Å². The van der Waals surface area contributed by atoms with Gasteiger partial charge in [0.25, 0.3) is 0 Å². The summed E-state index contributed by atoms with van der Waals surface area (Å²) in [5, 5.41) is 0.319. The van der Waals surface area contributed by atoms with E-state index in [0.29, 0.717) is 17.2 Å². The maximum atomic E-state index is 13.9. The van der Waals surface area contributed by atoms with Crippen molar-refractivity contribution in [2.24, 2.45) is 0 Å². The van der Waals surface area contributed by atoms with Crippen molar-refractivity contribution in [2.75, 3.05) is 11.9 Å². The average molecular weight is 287 g/mol. The minimum absolute atomic E-state index is 0.00571. The van der Waals surface area contributed by atoms with Crippen LogP contribution in [-0.4, -0.2) is 28.0 Å². The molecule has 0 saturated heterocycles. The molecule has 1 fully saturated rings. The number of anilines is 1. The molecule has 1 aliphatic carbocycles. The molecule has 1 saturated carbocycles. The van der Waals surface area contributed by atoms with Crippen LogP contribution < -0.4 is 4.90 Å². The summed E-state index contributed by atoms with van der Waals surface area (Å²) in [6, 6.07) is 0.429. The summed E-state index contributed by atoms with van der Waals surface area (Å²) < 4.78 is 13.9. The van der Waals surface area contributed by atoms with Crippen LogP contribution in [-0.2, 0) is 0 Å². The summed E-state index contributed by atoms with van der Waals surface area (Å²) in [7, 11) is 1.91. The van der Waals surface area contributed by atoms with Gasteiger partial charge in [-0.3, -0.25) is 0 Å². The van der Waals surface area contributed by atoms with Gasteiger partial charge in [-0.1, -0.05) is 11.6 Å². The first kappa shape index (κ1) is 11.9. The lowest BCUT2D eigenvalue weighted by Gasteiger charge is -2.19. The first-order valence-electron chi connectivity index (χ1n) is 5.48. The van der Waals surface area contributed by atoms with E-state index in [1.807, 2.05) is 11.9 Å². The molecule has 7 heteroatoms. The van der Waals surface area contributed by atoms with Gasteiger partial charge in [-0.25, -0.2) is 14.4 Å². The Balaban J connectivity index is 2.27. The summed E-state index contributed by atoms with van der Waals surface area (Å²) >= 11 is 11.5. The molecular formula is C11H9Cl2FN4. The van der Waals surface area contributed by atoms with Crippen LogP contribution in [0.2, 0.25) is 10.4 Å².